The molecule has 192 valence electrons. The van der Waals surface area contributed by atoms with Crippen molar-refractivity contribution in [3.05, 3.63) is 78.4 Å². The number of sulfonamides is 1. The van der Waals surface area contributed by atoms with E-state index >= 15 is 0 Å². The van der Waals surface area contributed by atoms with E-state index in [0.717, 1.165) is 28.7 Å². The van der Waals surface area contributed by atoms with E-state index in [1.54, 1.807) is 24.1 Å². The number of hydrogen-bond donors (Lipinski definition) is 1. The Labute approximate surface area is 220 Å². The lowest BCUT2D eigenvalue weighted by Crippen LogP contribution is -2.55. The minimum absolute atomic E-state index is 0.0222. The number of nitrogens with one attached hydrogen (secondary N) is 1. The molecule has 0 bridgehead atoms. The molecule has 1 N–H and O–H groups in total. The topological polar surface area (TPSA) is 105 Å². The number of carbonyl (C=O) groups is 1. The van der Waals surface area contributed by atoms with Crippen molar-refractivity contribution >= 4 is 44.4 Å². The fraction of sp³-hybridized carbons (Fsp3) is 0.269. The molecule has 0 aliphatic carbocycles. The smallest absolute Gasteiger partial charge is 0.243 e. The molecule has 3 aromatic carbocycles. The van der Waals surface area contributed by atoms with Crippen LogP contribution in [-0.2, 0) is 21.2 Å². The molecular weight excluding hydrogens is 510 g/mol. The first-order valence-electron chi connectivity index (χ1n) is 11.9. The van der Waals surface area contributed by atoms with Crippen molar-refractivity contribution in [3.63, 3.8) is 0 Å². The average molecular weight is 538 g/mol. The molecule has 1 amide bonds. The lowest BCUT2D eigenvalue weighted by atomic mass is 10.1. The SMILES string of the molecule is COc1ccc(N2CCN(C(=O)[C@@H](Cc3ccccc3)NS(=O)(=O)c3cccc4nsnc34)CC2)cc1. The Morgan fingerprint density at radius 3 is 2.41 bits per heavy atom. The quantitative estimate of drug-likeness (QED) is 0.369. The predicted molar refractivity (Wildman–Crippen MR) is 143 cm³/mol. The summed E-state index contributed by atoms with van der Waals surface area (Å²) in [5.41, 5.74) is 2.74. The summed E-state index contributed by atoms with van der Waals surface area (Å²) in [5, 5.41) is 0. The Morgan fingerprint density at radius 2 is 1.70 bits per heavy atom. The molecule has 1 aromatic heterocycles. The van der Waals surface area contributed by atoms with Crippen LogP contribution in [0.1, 0.15) is 5.56 Å². The molecule has 1 saturated heterocycles. The highest BCUT2D eigenvalue weighted by Gasteiger charge is 2.32. The molecule has 0 spiro atoms. The summed E-state index contributed by atoms with van der Waals surface area (Å²) in [5.74, 6) is 0.545. The van der Waals surface area contributed by atoms with Gasteiger partial charge in [0, 0.05) is 31.9 Å². The summed E-state index contributed by atoms with van der Waals surface area (Å²) in [6.07, 6.45) is 0.239. The van der Waals surface area contributed by atoms with E-state index in [-0.39, 0.29) is 17.2 Å². The number of anilines is 1. The molecular formula is C26H27N5O4S2. The fourth-order valence-corrected chi connectivity index (χ4v) is 6.43. The van der Waals surface area contributed by atoms with Crippen molar-refractivity contribution in [1.82, 2.24) is 18.4 Å². The van der Waals surface area contributed by atoms with Crippen LogP contribution in [0.5, 0.6) is 5.75 Å². The summed E-state index contributed by atoms with van der Waals surface area (Å²) in [6.45, 7) is 2.27. The molecule has 1 aliphatic rings. The molecule has 0 radical (unpaired) electrons. The Kier molecular flexibility index (Phi) is 7.36. The zero-order valence-electron chi connectivity index (χ0n) is 20.3. The van der Waals surface area contributed by atoms with Gasteiger partial charge in [-0.25, -0.2) is 8.42 Å². The second-order valence-electron chi connectivity index (χ2n) is 8.76. The summed E-state index contributed by atoms with van der Waals surface area (Å²) in [4.78, 5) is 17.7. The van der Waals surface area contributed by atoms with E-state index in [2.05, 4.69) is 18.4 Å². The van der Waals surface area contributed by atoms with Gasteiger partial charge in [0.15, 0.2) is 0 Å². The summed E-state index contributed by atoms with van der Waals surface area (Å²) in [6, 6.07) is 21.1. The lowest BCUT2D eigenvalue weighted by Gasteiger charge is -2.37. The highest BCUT2D eigenvalue weighted by atomic mass is 32.2. The third kappa shape index (κ3) is 5.58. The van der Waals surface area contributed by atoms with Gasteiger partial charge in [0.25, 0.3) is 0 Å². The normalized spacial score (nSPS) is 15.1. The maximum absolute atomic E-state index is 13.7. The molecule has 1 aliphatic heterocycles. The van der Waals surface area contributed by atoms with Crippen molar-refractivity contribution in [3.8, 4) is 5.75 Å². The highest BCUT2D eigenvalue weighted by Crippen LogP contribution is 2.23. The van der Waals surface area contributed by atoms with Crippen LogP contribution in [-0.4, -0.2) is 67.3 Å². The molecule has 1 atom stereocenters. The summed E-state index contributed by atoms with van der Waals surface area (Å²) >= 11 is 0.955. The van der Waals surface area contributed by atoms with Crippen LogP contribution in [0.25, 0.3) is 11.0 Å². The van der Waals surface area contributed by atoms with Crippen LogP contribution in [0.15, 0.2) is 77.7 Å². The number of benzene rings is 3. The van der Waals surface area contributed by atoms with Crippen LogP contribution in [0, 0.1) is 0 Å². The van der Waals surface area contributed by atoms with Crippen molar-refractivity contribution in [2.75, 3.05) is 38.2 Å². The van der Waals surface area contributed by atoms with Crippen LogP contribution in [0.4, 0.5) is 5.69 Å². The van der Waals surface area contributed by atoms with Crippen LogP contribution in [0.2, 0.25) is 0 Å². The monoisotopic (exact) mass is 537 g/mol. The zero-order valence-corrected chi connectivity index (χ0v) is 21.9. The first-order chi connectivity index (χ1) is 17.9. The van der Waals surface area contributed by atoms with Crippen molar-refractivity contribution < 1.29 is 17.9 Å². The lowest BCUT2D eigenvalue weighted by molar-refractivity contribution is -0.133. The fourth-order valence-electron chi connectivity index (χ4n) is 4.48. The van der Waals surface area contributed by atoms with Gasteiger partial charge in [-0.15, -0.1) is 0 Å². The number of methoxy groups -OCH3 is 1. The Bertz CT molecular complexity index is 1470. The van der Waals surface area contributed by atoms with Crippen LogP contribution in [0.3, 0.4) is 0 Å². The minimum atomic E-state index is -4.04. The number of aromatic nitrogens is 2. The molecule has 11 heteroatoms. The standard InChI is InChI=1S/C26H27N5O4S2/c1-35-21-12-10-20(11-13-21)30-14-16-31(17-15-30)26(32)23(18-19-6-3-2-4-7-19)29-37(33,34)24-9-5-8-22-25(24)28-36-27-22/h2-13,23,29H,14-18H2,1H3/t23-/m1/s1. The van der Waals surface area contributed by atoms with Crippen LogP contribution >= 0.6 is 11.7 Å². The molecule has 5 rings (SSSR count). The van der Waals surface area contributed by atoms with Crippen LogP contribution < -0.4 is 14.4 Å². The van der Waals surface area contributed by atoms with Crippen molar-refractivity contribution in [1.29, 1.82) is 0 Å². The third-order valence-electron chi connectivity index (χ3n) is 6.45. The van der Waals surface area contributed by atoms with E-state index < -0.39 is 16.1 Å². The van der Waals surface area contributed by atoms with Gasteiger partial charge in [-0.05, 0) is 48.4 Å². The minimum Gasteiger partial charge on any atom is -0.497 e. The van der Waals surface area contributed by atoms with Crippen molar-refractivity contribution in [2.24, 2.45) is 0 Å². The molecule has 1 fully saturated rings. The predicted octanol–water partition coefficient (Wildman–Crippen LogP) is 2.94. The first-order valence-corrected chi connectivity index (χ1v) is 14.1. The number of amides is 1. The molecule has 9 nitrogen and oxygen atoms in total. The second-order valence-corrected chi connectivity index (χ2v) is 11.0. The van der Waals surface area contributed by atoms with E-state index in [0.29, 0.717) is 37.2 Å². The maximum atomic E-state index is 13.7. The largest absolute Gasteiger partial charge is 0.497 e. The van der Waals surface area contributed by atoms with Crippen molar-refractivity contribution in [2.45, 2.75) is 17.4 Å². The molecule has 0 saturated carbocycles. The van der Waals surface area contributed by atoms with Gasteiger partial charge in [0.1, 0.15) is 27.7 Å². The zero-order chi connectivity index (χ0) is 25.8. The molecule has 4 aromatic rings. The molecule has 2 heterocycles. The molecule has 37 heavy (non-hydrogen) atoms. The number of fused-ring (bicyclic) bond motifs is 1. The van der Waals surface area contributed by atoms with E-state index in [1.807, 2.05) is 54.6 Å². The number of rotatable bonds is 8. The number of ether oxygens (including phenoxy) is 1. The molecule has 0 unspecified atom stereocenters. The number of carbonyl (C=O) groups excluding carboxylic acids is 1. The van der Waals surface area contributed by atoms with Gasteiger partial charge < -0.3 is 14.5 Å². The van der Waals surface area contributed by atoms with E-state index in [1.165, 1.54) is 6.07 Å². The maximum Gasteiger partial charge on any atom is 0.243 e. The number of hydrogen-bond acceptors (Lipinski definition) is 8. The van der Waals surface area contributed by atoms with Gasteiger partial charge in [-0.1, -0.05) is 36.4 Å². The van der Waals surface area contributed by atoms with E-state index in [9.17, 15) is 13.2 Å². The van der Waals surface area contributed by atoms with Gasteiger partial charge >= 0.3 is 0 Å². The van der Waals surface area contributed by atoms with E-state index in [4.69, 9.17) is 4.74 Å². The highest BCUT2D eigenvalue weighted by molar-refractivity contribution is 7.89. The second kappa shape index (κ2) is 10.8. The Balaban J connectivity index is 1.34. The number of piperazine rings is 1. The van der Waals surface area contributed by atoms with Gasteiger partial charge in [0.05, 0.1) is 18.8 Å². The van der Waals surface area contributed by atoms with Gasteiger partial charge in [-0.3, -0.25) is 4.79 Å². The summed E-state index contributed by atoms with van der Waals surface area (Å²) < 4.78 is 43.1. The van der Waals surface area contributed by atoms with Gasteiger partial charge in [0.2, 0.25) is 15.9 Å². The van der Waals surface area contributed by atoms with Gasteiger partial charge in [-0.2, -0.15) is 13.5 Å². The average Bonchev–Trinajstić information content (AvgIpc) is 3.42. The Morgan fingerprint density at radius 1 is 0.973 bits per heavy atom. The third-order valence-corrected chi connectivity index (χ3v) is 8.49. The number of nitrogens with zero attached hydrogens (tertiary/aromatic N) is 4. The summed E-state index contributed by atoms with van der Waals surface area (Å²) in [7, 11) is -2.40. The Hall–Kier alpha value is -3.54. The first kappa shape index (κ1) is 25.1.